The van der Waals surface area contributed by atoms with Crippen LogP contribution in [0.4, 0.5) is 10.5 Å². The van der Waals surface area contributed by atoms with E-state index in [0.717, 1.165) is 27.5 Å². The highest BCUT2D eigenvalue weighted by atomic mass is 16.5. The van der Waals surface area contributed by atoms with E-state index < -0.39 is 6.04 Å². The first-order valence-corrected chi connectivity index (χ1v) is 9.06. The lowest BCUT2D eigenvalue weighted by molar-refractivity contribution is -0.901. The minimum absolute atomic E-state index is 0.158. The first-order chi connectivity index (χ1) is 12.9. The highest BCUT2D eigenvalue weighted by Crippen LogP contribution is 2.25. The number of ether oxygens (including phenoxy) is 1. The van der Waals surface area contributed by atoms with Crippen molar-refractivity contribution in [2.75, 3.05) is 25.7 Å². The summed E-state index contributed by atoms with van der Waals surface area (Å²) in [7, 11) is 3.61. The van der Waals surface area contributed by atoms with Crippen molar-refractivity contribution in [3.63, 3.8) is 0 Å². The van der Waals surface area contributed by atoms with E-state index in [4.69, 9.17) is 4.74 Å². The van der Waals surface area contributed by atoms with Gasteiger partial charge in [-0.05, 0) is 50.2 Å². The second-order valence-corrected chi connectivity index (χ2v) is 7.07. The summed E-state index contributed by atoms with van der Waals surface area (Å²) in [5.41, 5.74) is 2.99. The number of hydrogen-bond acceptors (Lipinski definition) is 3. The van der Waals surface area contributed by atoms with Gasteiger partial charge in [0, 0.05) is 11.3 Å². The summed E-state index contributed by atoms with van der Waals surface area (Å²) in [4.78, 5) is 29.5. The molecule has 2 aromatic rings. The number of anilines is 1. The molecule has 3 amide bonds. The van der Waals surface area contributed by atoms with E-state index in [-0.39, 0.29) is 11.9 Å². The van der Waals surface area contributed by atoms with Crippen molar-refractivity contribution in [2.24, 2.45) is 0 Å². The van der Waals surface area contributed by atoms with Crippen molar-refractivity contribution >= 4 is 17.6 Å². The summed E-state index contributed by atoms with van der Waals surface area (Å²) in [5, 5.41) is 0. The van der Waals surface area contributed by atoms with Gasteiger partial charge in [-0.1, -0.05) is 17.7 Å². The number of carbonyl (C=O) groups is 2. The predicted molar refractivity (Wildman–Crippen MR) is 104 cm³/mol. The third-order valence-electron chi connectivity index (χ3n) is 4.85. The Bertz CT molecular complexity index is 818. The van der Waals surface area contributed by atoms with Crippen molar-refractivity contribution in [2.45, 2.75) is 26.4 Å². The van der Waals surface area contributed by atoms with Crippen molar-refractivity contribution in [1.82, 2.24) is 4.90 Å². The fourth-order valence-electron chi connectivity index (χ4n) is 3.33. The van der Waals surface area contributed by atoms with Gasteiger partial charge in [-0.2, -0.15) is 0 Å². The highest BCUT2D eigenvalue weighted by Gasteiger charge is 2.44. The summed E-state index contributed by atoms with van der Waals surface area (Å²) in [6.07, 6.45) is 0. The maximum Gasteiger partial charge on any atom is 0.336 e. The Balaban J connectivity index is 1.69. The van der Waals surface area contributed by atoms with E-state index >= 15 is 0 Å². The summed E-state index contributed by atoms with van der Waals surface area (Å²) in [6.45, 7) is 4.81. The highest BCUT2D eigenvalue weighted by molar-refractivity contribution is 6.13. The largest absolute Gasteiger partial charge is 0.497 e. The van der Waals surface area contributed by atoms with Crippen LogP contribution in [0.1, 0.15) is 18.1 Å². The van der Waals surface area contributed by atoms with Crippen molar-refractivity contribution in [3.05, 3.63) is 59.7 Å². The molecule has 2 aromatic carbocycles. The number of carbonyl (C=O) groups excluding carboxylic acids is 2. The molecule has 1 unspecified atom stereocenters. The number of nitrogens with zero attached hydrogens (tertiary/aromatic N) is 2. The molecule has 1 fully saturated rings. The Kier molecular flexibility index (Phi) is 5.46. The number of amides is 3. The topological polar surface area (TPSA) is 54.3 Å². The van der Waals surface area contributed by atoms with Gasteiger partial charge in [-0.15, -0.1) is 0 Å². The second-order valence-electron chi connectivity index (χ2n) is 7.07. The Hall–Kier alpha value is -2.86. The average molecular weight is 368 g/mol. The molecule has 27 heavy (non-hydrogen) atoms. The lowest BCUT2D eigenvalue weighted by atomic mass is 10.2. The molecule has 1 saturated heterocycles. The van der Waals surface area contributed by atoms with E-state index in [2.05, 4.69) is 0 Å². The van der Waals surface area contributed by atoms with Gasteiger partial charge < -0.3 is 9.64 Å². The van der Waals surface area contributed by atoms with Crippen LogP contribution in [0.25, 0.3) is 0 Å². The van der Waals surface area contributed by atoms with Crippen LogP contribution in [0.5, 0.6) is 5.75 Å². The summed E-state index contributed by atoms with van der Waals surface area (Å²) in [6, 6.07) is 14.7. The van der Waals surface area contributed by atoms with E-state index in [0.29, 0.717) is 13.2 Å². The summed E-state index contributed by atoms with van der Waals surface area (Å²) >= 11 is 0. The quantitative estimate of drug-likeness (QED) is 0.792. The monoisotopic (exact) mass is 368 g/mol. The Labute approximate surface area is 159 Å². The Morgan fingerprint density at radius 2 is 1.67 bits per heavy atom. The van der Waals surface area contributed by atoms with Gasteiger partial charge in [0.15, 0.2) is 6.67 Å². The van der Waals surface area contributed by atoms with Gasteiger partial charge in [-0.3, -0.25) is 9.69 Å². The minimum atomic E-state index is -0.492. The van der Waals surface area contributed by atoms with Crippen molar-refractivity contribution in [3.8, 4) is 5.75 Å². The number of rotatable bonds is 6. The van der Waals surface area contributed by atoms with Crippen LogP contribution in [0.2, 0.25) is 0 Å². The van der Waals surface area contributed by atoms with E-state index in [1.165, 1.54) is 4.90 Å². The van der Waals surface area contributed by atoms with Crippen molar-refractivity contribution in [1.29, 1.82) is 0 Å². The third kappa shape index (κ3) is 3.95. The lowest BCUT2D eigenvalue weighted by Crippen LogP contribution is -3.09. The van der Waals surface area contributed by atoms with Crippen LogP contribution in [0, 0.1) is 6.92 Å². The van der Waals surface area contributed by atoms with Crippen LogP contribution in [0.3, 0.4) is 0 Å². The van der Waals surface area contributed by atoms with Crippen LogP contribution >= 0.6 is 0 Å². The molecule has 0 spiro atoms. The fourth-order valence-corrected chi connectivity index (χ4v) is 3.33. The molecule has 2 atom stereocenters. The molecule has 1 heterocycles. The first-order valence-electron chi connectivity index (χ1n) is 9.06. The fraction of sp³-hybridized carbons (Fsp3) is 0.333. The molecule has 1 aliphatic rings. The smallest absolute Gasteiger partial charge is 0.336 e. The maximum atomic E-state index is 12.9. The van der Waals surface area contributed by atoms with Crippen LogP contribution in [-0.2, 0) is 11.3 Å². The standard InChI is InChI=1S/C21H25N3O3/c1-15-5-9-18(10-6-15)24-16(2)20(25)23(21(24)26)14-22(3)13-17-7-11-19(27-4)12-8-17/h5-12,16H,13-14H2,1-4H3/p+1/t16-/m0/s1. The van der Waals surface area contributed by atoms with Gasteiger partial charge in [0.25, 0.3) is 5.91 Å². The molecule has 0 aromatic heterocycles. The second kappa shape index (κ2) is 7.80. The predicted octanol–water partition coefficient (Wildman–Crippen LogP) is 1.83. The average Bonchev–Trinajstić information content (AvgIpc) is 2.87. The zero-order chi connectivity index (χ0) is 19.6. The molecule has 0 saturated carbocycles. The molecule has 0 aliphatic carbocycles. The van der Waals surface area contributed by atoms with Gasteiger partial charge in [0.05, 0.1) is 14.2 Å². The number of aryl methyl sites for hydroxylation is 1. The van der Waals surface area contributed by atoms with Gasteiger partial charge >= 0.3 is 6.03 Å². The molecule has 6 heteroatoms. The molecule has 1 aliphatic heterocycles. The molecule has 1 N–H and O–H groups in total. The zero-order valence-corrected chi connectivity index (χ0v) is 16.2. The SMILES string of the molecule is COc1ccc(C[NH+](C)CN2C(=O)[C@H](C)N(c3ccc(C)cc3)C2=O)cc1. The number of imide groups is 1. The van der Waals surface area contributed by atoms with Crippen LogP contribution < -0.4 is 14.5 Å². The zero-order valence-electron chi connectivity index (χ0n) is 16.2. The van der Waals surface area contributed by atoms with E-state index in [9.17, 15) is 9.59 Å². The van der Waals surface area contributed by atoms with Gasteiger partial charge in [-0.25, -0.2) is 9.69 Å². The third-order valence-corrected chi connectivity index (χ3v) is 4.85. The van der Waals surface area contributed by atoms with Gasteiger partial charge in [0.2, 0.25) is 0 Å². The normalized spacial score (nSPS) is 18.1. The summed E-state index contributed by atoms with van der Waals surface area (Å²) in [5.74, 6) is 0.651. The molecular formula is C21H26N3O3+. The number of methoxy groups -OCH3 is 1. The lowest BCUT2D eigenvalue weighted by Gasteiger charge is -2.21. The number of hydrogen-bond donors (Lipinski definition) is 1. The van der Waals surface area contributed by atoms with E-state index in [1.807, 2.05) is 62.5 Å². The first kappa shape index (κ1) is 18.9. The van der Waals surface area contributed by atoms with Gasteiger partial charge in [0.1, 0.15) is 18.3 Å². The molecule has 3 rings (SSSR count). The molecule has 0 bridgehead atoms. The molecule has 0 radical (unpaired) electrons. The number of benzene rings is 2. The summed E-state index contributed by atoms with van der Waals surface area (Å²) < 4.78 is 5.17. The van der Waals surface area contributed by atoms with Crippen molar-refractivity contribution < 1.29 is 19.2 Å². The molecule has 6 nitrogen and oxygen atoms in total. The Morgan fingerprint density at radius 3 is 2.26 bits per heavy atom. The Morgan fingerprint density at radius 1 is 1.04 bits per heavy atom. The number of urea groups is 1. The van der Waals surface area contributed by atoms with E-state index in [1.54, 1.807) is 18.9 Å². The van der Waals surface area contributed by atoms with Crippen LogP contribution in [0.15, 0.2) is 48.5 Å². The number of quaternary nitrogens is 1. The minimum Gasteiger partial charge on any atom is -0.497 e. The molecule has 142 valence electrons. The maximum absolute atomic E-state index is 12.9. The van der Waals surface area contributed by atoms with Crippen LogP contribution in [-0.4, -0.2) is 43.7 Å². The number of nitrogens with one attached hydrogen (secondary N) is 1. The molecular weight excluding hydrogens is 342 g/mol.